The lowest BCUT2D eigenvalue weighted by atomic mass is 10.0. The van der Waals surface area contributed by atoms with Gasteiger partial charge < -0.3 is 15.1 Å². The van der Waals surface area contributed by atoms with Gasteiger partial charge in [0, 0.05) is 49.8 Å². The third kappa shape index (κ3) is 4.89. The lowest BCUT2D eigenvalue weighted by molar-refractivity contribution is 0.0709. The number of hydrogen-bond acceptors (Lipinski definition) is 4. The first kappa shape index (κ1) is 23.4. The SMILES string of the molecule is CN(C(=O)c1ccc2c(c1)CCC2NC(=O)c1ccccc1Cl)C1CCN(c2ccncc2)CC1. The summed E-state index contributed by atoms with van der Waals surface area (Å²) in [7, 11) is 1.91. The van der Waals surface area contributed by atoms with Crippen LogP contribution in [0.3, 0.4) is 0 Å². The Morgan fingerprint density at radius 1 is 1.03 bits per heavy atom. The molecule has 2 heterocycles. The van der Waals surface area contributed by atoms with E-state index < -0.39 is 0 Å². The van der Waals surface area contributed by atoms with Crippen molar-refractivity contribution in [2.24, 2.45) is 0 Å². The predicted molar refractivity (Wildman–Crippen MR) is 138 cm³/mol. The summed E-state index contributed by atoms with van der Waals surface area (Å²) in [6, 6.07) is 17.2. The number of halogens is 1. The van der Waals surface area contributed by atoms with Crippen LogP contribution in [0.1, 0.15) is 57.1 Å². The number of amides is 2. The van der Waals surface area contributed by atoms with Crippen molar-refractivity contribution >= 4 is 29.1 Å². The van der Waals surface area contributed by atoms with E-state index in [0.717, 1.165) is 49.9 Å². The molecule has 180 valence electrons. The average molecular weight is 489 g/mol. The molecule has 3 aromatic rings. The molecule has 7 heteroatoms. The van der Waals surface area contributed by atoms with Crippen LogP contribution in [-0.4, -0.2) is 47.9 Å². The van der Waals surface area contributed by atoms with Gasteiger partial charge in [0.1, 0.15) is 0 Å². The Balaban J connectivity index is 1.22. The fourth-order valence-electron chi connectivity index (χ4n) is 5.22. The van der Waals surface area contributed by atoms with E-state index in [1.807, 2.05) is 60.7 Å². The highest BCUT2D eigenvalue weighted by molar-refractivity contribution is 6.33. The maximum Gasteiger partial charge on any atom is 0.253 e. The summed E-state index contributed by atoms with van der Waals surface area (Å²) in [4.78, 5) is 34.4. The largest absolute Gasteiger partial charge is 0.371 e. The number of nitrogens with zero attached hydrogens (tertiary/aromatic N) is 3. The van der Waals surface area contributed by atoms with Crippen LogP contribution in [-0.2, 0) is 6.42 Å². The molecule has 0 saturated carbocycles. The smallest absolute Gasteiger partial charge is 0.253 e. The Labute approximate surface area is 210 Å². The van der Waals surface area contributed by atoms with E-state index in [1.165, 1.54) is 5.69 Å². The number of carbonyl (C=O) groups excluding carboxylic acids is 2. The van der Waals surface area contributed by atoms with E-state index in [0.29, 0.717) is 16.1 Å². The number of benzene rings is 2. The average Bonchev–Trinajstić information content (AvgIpc) is 3.30. The first-order chi connectivity index (χ1) is 17.0. The van der Waals surface area contributed by atoms with Crippen molar-refractivity contribution in [2.75, 3.05) is 25.0 Å². The standard InChI is InChI=1S/C28H29ClN4O2/c1-32(21-12-16-33(17-13-21)22-10-14-30-15-11-22)28(35)20-6-8-23-19(18-20)7-9-26(23)31-27(34)24-4-2-3-5-25(24)29/h2-6,8,10-11,14-15,18,21,26H,7,9,12-13,16-17H2,1H3,(H,31,34). The van der Waals surface area contributed by atoms with Gasteiger partial charge in [-0.15, -0.1) is 0 Å². The summed E-state index contributed by atoms with van der Waals surface area (Å²) in [5, 5.41) is 3.55. The summed E-state index contributed by atoms with van der Waals surface area (Å²) >= 11 is 6.19. The van der Waals surface area contributed by atoms with E-state index >= 15 is 0 Å². The summed E-state index contributed by atoms with van der Waals surface area (Å²) in [6.07, 6.45) is 7.15. The second kappa shape index (κ2) is 10.1. The van der Waals surface area contributed by atoms with Crippen LogP contribution >= 0.6 is 11.6 Å². The molecule has 6 nitrogen and oxygen atoms in total. The summed E-state index contributed by atoms with van der Waals surface area (Å²) in [5.74, 6) is -0.120. The minimum atomic E-state index is -0.175. The van der Waals surface area contributed by atoms with Gasteiger partial charge in [-0.25, -0.2) is 0 Å². The van der Waals surface area contributed by atoms with Crippen molar-refractivity contribution in [1.82, 2.24) is 15.2 Å². The third-order valence-electron chi connectivity index (χ3n) is 7.25. The Hall–Kier alpha value is -3.38. The van der Waals surface area contributed by atoms with Crippen molar-refractivity contribution < 1.29 is 9.59 Å². The second-order valence-electron chi connectivity index (χ2n) is 9.30. The van der Waals surface area contributed by atoms with Gasteiger partial charge >= 0.3 is 0 Å². The normalized spacial score (nSPS) is 17.7. The molecule has 1 saturated heterocycles. The highest BCUT2D eigenvalue weighted by Gasteiger charge is 2.29. The van der Waals surface area contributed by atoms with Crippen LogP contribution < -0.4 is 10.2 Å². The van der Waals surface area contributed by atoms with Crippen molar-refractivity contribution in [3.05, 3.63) is 94.3 Å². The summed E-state index contributed by atoms with van der Waals surface area (Å²) < 4.78 is 0. The van der Waals surface area contributed by atoms with Gasteiger partial charge in [-0.3, -0.25) is 14.6 Å². The van der Waals surface area contributed by atoms with Gasteiger partial charge in [-0.05, 0) is 73.2 Å². The van der Waals surface area contributed by atoms with Crippen molar-refractivity contribution in [1.29, 1.82) is 0 Å². The van der Waals surface area contributed by atoms with E-state index in [2.05, 4.69) is 15.2 Å². The number of fused-ring (bicyclic) bond motifs is 1. The number of nitrogens with one attached hydrogen (secondary N) is 1. The van der Waals surface area contributed by atoms with Crippen LogP contribution in [0.15, 0.2) is 67.0 Å². The molecule has 1 N–H and O–H groups in total. The monoisotopic (exact) mass is 488 g/mol. The molecule has 2 aromatic carbocycles. The highest BCUT2D eigenvalue weighted by atomic mass is 35.5. The van der Waals surface area contributed by atoms with Gasteiger partial charge in [-0.1, -0.05) is 29.8 Å². The van der Waals surface area contributed by atoms with Crippen molar-refractivity contribution in [2.45, 2.75) is 37.8 Å². The molecule has 1 aliphatic heterocycles. The number of rotatable bonds is 5. The van der Waals surface area contributed by atoms with Crippen LogP contribution in [0.5, 0.6) is 0 Å². The molecule has 35 heavy (non-hydrogen) atoms. The molecule has 1 unspecified atom stereocenters. The first-order valence-electron chi connectivity index (χ1n) is 12.1. The molecular weight excluding hydrogens is 460 g/mol. The van der Waals surface area contributed by atoms with E-state index in [1.54, 1.807) is 18.2 Å². The quantitative estimate of drug-likeness (QED) is 0.555. The molecule has 0 radical (unpaired) electrons. The number of hydrogen-bond donors (Lipinski definition) is 1. The van der Waals surface area contributed by atoms with E-state index in [4.69, 9.17) is 11.6 Å². The number of piperidine rings is 1. The Bertz CT molecular complexity index is 1220. The minimum absolute atomic E-state index is 0.0544. The van der Waals surface area contributed by atoms with Crippen LogP contribution in [0.25, 0.3) is 0 Å². The summed E-state index contributed by atoms with van der Waals surface area (Å²) in [6.45, 7) is 1.84. The second-order valence-corrected chi connectivity index (χ2v) is 9.71. The van der Waals surface area contributed by atoms with Crippen LogP contribution in [0.4, 0.5) is 5.69 Å². The molecular formula is C28H29ClN4O2. The Morgan fingerprint density at radius 3 is 2.51 bits per heavy atom. The number of pyridine rings is 1. The maximum atomic E-state index is 13.3. The van der Waals surface area contributed by atoms with E-state index in [9.17, 15) is 9.59 Å². The fourth-order valence-corrected chi connectivity index (χ4v) is 5.44. The number of aromatic nitrogens is 1. The van der Waals surface area contributed by atoms with Gasteiger partial charge in [0.05, 0.1) is 16.6 Å². The van der Waals surface area contributed by atoms with Crippen LogP contribution in [0, 0.1) is 0 Å². The molecule has 1 aromatic heterocycles. The van der Waals surface area contributed by atoms with Gasteiger partial charge in [-0.2, -0.15) is 0 Å². The number of carbonyl (C=O) groups is 2. The van der Waals surface area contributed by atoms with Gasteiger partial charge in [0.2, 0.25) is 0 Å². The molecule has 2 amide bonds. The zero-order valence-electron chi connectivity index (χ0n) is 19.8. The molecule has 0 bridgehead atoms. The van der Waals surface area contributed by atoms with E-state index in [-0.39, 0.29) is 23.9 Å². The minimum Gasteiger partial charge on any atom is -0.371 e. The first-order valence-corrected chi connectivity index (χ1v) is 12.5. The number of anilines is 1. The number of aryl methyl sites for hydroxylation is 1. The maximum absolute atomic E-state index is 13.3. The lowest BCUT2D eigenvalue weighted by Crippen LogP contribution is -2.45. The predicted octanol–water partition coefficient (Wildman–Crippen LogP) is 4.89. The highest BCUT2D eigenvalue weighted by Crippen LogP contribution is 2.33. The molecule has 2 aliphatic rings. The molecule has 1 fully saturated rings. The third-order valence-corrected chi connectivity index (χ3v) is 7.58. The molecule has 5 rings (SSSR count). The Kier molecular flexibility index (Phi) is 6.73. The molecule has 1 aliphatic carbocycles. The zero-order valence-corrected chi connectivity index (χ0v) is 20.5. The van der Waals surface area contributed by atoms with Crippen molar-refractivity contribution in [3.63, 3.8) is 0 Å². The van der Waals surface area contributed by atoms with Crippen LogP contribution in [0.2, 0.25) is 5.02 Å². The fraction of sp³-hybridized carbons (Fsp3) is 0.321. The zero-order chi connectivity index (χ0) is 24.4. The van der Waals surface area contributed by atoms with Gasteiger partial charge in [0.15, 0.2) is 0 Å². The molecule has 1 atom stereocenters. The van der Waals surface area contributed by atoms with Gasteiger partial charge in [0.25, 0.3) is 11.8 Å². The lowest BCUT2D eigenvalue weighted by Gasteiger charge is -2.37. The molecule has 0 spiro atoms. The van der Waals surface area contributed by atoms with Crippen molar-refractivity contribution in [3.8, 4) is 0 Å². The Morgan fingerprint density at radius 2 is 1.77 bits per heavy atom. The topological polar surface area (TPSA) is 65.5 Å². The summed E-state index contributed by atoms with van der Waals surface area (Å²) in [5.41, 5.74) is 4.57.